The van der Waals surface area contributed by atoms with E-state index in [1.54, 1.807) is 33.5 Å². The first-order valence-electron chi connectivity index (χ1n) is 8.46. The summed E-state index contributed by atoms with van der Waals surface area (Å²) in [6, 6.07) is 6.88. The van der Waals surface area contributed by atoms with Gasteiger partial charge in [-0.3, -0.25) is 4.79 Å². The molecule has 1 amide bonds. The summed E-state index contributed by atoms with van der Waals surface area (Å²) in [4.78, 5) is 13.8. The maximum absolute atomic E-state index is 12.9. The van der Waals surface area contributed by atoms with Crippen LogP contribution in [0, 0.1) is 0 Å². The van der Waals surface area contributed by atoms with E-state index >= 15 is 0 Å². The molecular weight excluding hydrogens is 312 g/mol. The van der Waals surface area contributed by atoms with E-state index in [4.69, 9.17) is 0 Å². The van der Waals surface area contributed by atoms with E-state index in [-0.39, 0.29) is 11.9 Å². The lowest BCUT2D eigenvalue weighted by atomic mass is 10.0. The van der Waals surface area contributed by atoms with Gasteiger partial charge in [-0.05, 0) is 49.9 Å². The van der Waals surface area contributed by atoms with Gasteiger partial charge in [0.05, 0.1) is 4.90 Å². The molecule has 0 aromatic heterocycles. The maximum Gasteiger partial charge on any atom is 0.243 e. The van der Waals surface area contributed by atoms with Gasteiger partial charge < -0.3 is 4.90 Å². The minimum atomic E-state index is -3.45. The fraction of sp³-hybridized carbons (Fsp3) is 0.588. The summed E-state index contributed by atoms with van der Waals surface area (Å²) in [6.45, 7) is 3.36. The molecule has 1 atom stereocenters. The molecular formula is C17H24N2O3S. The van der Waals surface area contributed by atoms with Crippen molar-refractivity contribution in [3.05, 3.63) is 24.3 Å². The molecule has 1 aromatic carbocycles. The number of sulfonamides is 1. The standard InChI is InChI=1S/C17H24N2O3S/c1-2-14-6-3-4-13-19(14)23(21,22)16-10-8-15(9-11-16)18-12-5-7-17(18)20/h8-11,14H,2-7,12-13H2,1H3/t14-/m0/s1. The van der Waals surface area contributed by atoms with Crippen molar-refractivity contribution in [3.63, 3.8) is 0 Å². The predicted octanol–water partition coefficient (Wildman–Crippen LogP) is 2.77. The Morgan fingerprint density at radius 1 is 1.09 bits per heavy atom. The lowest BCUT2D eigenvalue weighted by Gasteiger charge is -2.34. The van der Waals surface area contributed by atoms with Gasteiger partial charge in [-0.25, -0.2) is 8.42 Å². The topological polar surface area (TPSA) is 57.7 Å². The highest BCUT2D eigenvalue weighted by Gasteiger charge is 2.32. The average Bonchev–Trinajstić information content (AvgIpc) is 3.01. The van der Waals surface area contributed by atoms with E-state index in [1.165, 1.54) is 0 Å². The second kappa shape index (κ2) is 6.61. The summed E-state index contributed by atoms with van der Waals surface area (Å²) < 4.78 is 27.5. The van der Waals surface area contributed by atoms with Crippen molar-refractivity contribution in [2.75, 3.05) is 18.0 Å². The normalized spacial score (nSPS) is 23.4. The number of piperidine rings is 1. The smallest absolute Gasteiger partial charge is 0.243 e. The SMILES string of the molecule is CC[C@H]1CCCCN1S(=O)(=O)c1ccc(N2CCCC2=O)cc1. The van der Waals surface area contributed by atoms with Crippen LogP contribution in [0.2, 0.25) is 0 Å². The van der Waals surface area contributed by atoms with Crippen molar-refractivity contribution in [1.82, 2.24) is 4.31 Å². The lowest BCUT2D eigenvalue weighted by molar-refractivity contribution is -0.117. The molecule has 2 fully saturated rings. The van der Waals surface area contributed by atoms with Gasteiger partial charge in [0, 0.05) is 31.2 Å². The highest BCUT2D eigenvalue weighted by atomic mass is 32.2. The second-order valence-electron chi connectivity index (χ2n) is 6.32. The highest BCUT2D eigenvalue weighted by Crippen LogP contribution is 2.29. The fourth-order valence-electron chi connectivity index (χ4n) is 3.55. The summed E-state index contributed by atoms with van der Waals surface area (Å²) in [6.07, 6.45) is 5.25. The van der Waals surface area contributed by atoms with E-state index in [0.717, 1.165) is 44.3 Å². The van der Waals surface area contributed by atoms with Crippen molar-refractivity contribution < 1.29 is 13.2 Å². The van der Waals surface area contributed by atoms with Crippen LogP contribution in [-0.2, 0) is 14.8 Å². The zero-order valence-electron chi connectivity index (χ0n) is 13.6. The Labute approximate surface area is 138 Å². The zero-order chi connectivity index (χ0) is 16.4. The van der Waals surface area contributed by atoms with Crippen molar-refractivity contribution in [2.45, 2.75) is 56.4 Å². The average molecular weight is 336 g/mol. The lowest BCUT2D eigenvalue weighted by Crippen LogP contribution is -2.43. The maximum atomic E-state index is 12.9. The molecule has 5 nitrogen and oxygen atoms in total. The number of carbonyl (C=O) groups is 1. The minimum absolute atomic E-state index is 0.105. The number of hydrogen-bond donors (Lipinski definition) is 0. The molecule has 2 aliphatic heterocycles. The molecule has 0 N–H and O–H groups in total. The van der Waals surface area contributed by atoms with Crippen LogP contribution in [0.4, 0.5) is 5.69 Å². The first kappa shape index (κ1) is 16.5. The third kappa shape index (κ3) is 3.15. The van der Waals surface area contributed by atoms with Gasteiger partial charge in [-0.2, -0.15) is 4.31 Å². The number of benzene rings is 1. The molecule has 0 radical (unpaired) electrons. The molecule has 23 heavy (non-hydrogen) atoms. The van der Waals surface area contributed by atoms with E-state index in [0.29, 0.717) is 17.9 Å². The van der Waals surface area contributed by atoms with Crippen LogP contribution < -0.4 is 4.90 Å². The van der Waals surface area contributed by atoms with Crippen LogP contribution >= 0.6 is 0 Å². The molecule has 0 aliphatic carbocycles. The summed E-state index contributed by atoms with van der Waals surface area (Å²) in [5, 5.41) is 0. The van der Waals surface area contributed by atoms with Gasteiger partial charge >= 0.3 is 0 Å². The van der Waals surface area contributed by atoms with Crippen LogP contribution in [0.1, 0.15) is 45.4 Å². The van der Waals surface area contributed by atoms with Crippen molar-refractivity contribution in [2.24, 2.45) is 0 Å². The van der Waals surface area contributed by atoms with E-state index < -0.39 is 10.0 Å². The van der Waals surface area contributed by atoms with Gasteiger partial charge in [0.15, 0.2) is 0 Å². The van der Waals surface area contributed by atoms with Crippen LogP contribution in [0.3, 0.4) is 0 Å². The Morgan fingerprint density at radius 2 is 1.83 bits per heavy atom. The highest BCUT2D eigenvalue weighted by molar-refractivity contribution is 7.89. The molecule has 0 bridgehead atoms. The molecule has 2 aliphatic rings. The fourth-order valence-corrected chi connectivity index (χ4v) is 5.32. The molecule has 1 aromatic rings. The van der Waals surface area contributed by atoms with Crippen molar-refractivity contribution >= 4 is 21.6 Å². The molecule has 2 saturated heterocycles. The van der Waals surface area contributed by atoms with Crippen LogP contribution in [0.15, 0.2) is 29.2 Å². The van der Waals surface area contributed by atoms with Gasteiger partial charge in [0.25, 0.3) is 0 Å². The first-order valence-corrected chi connectivity index (χ1v) is 9.90. The number of hydrogen-bond acceptors (Lipinski definition) is 3. The van der Waals surface area contributed by atoms with E-state index in [1.807, 2.05) is 6.92 Å². The molecule has 6 heteroatoms. The van der Waals surface area contributed by atoms with Crippen LogP contribution in [0.25, 0.3) is 0 Å². The molecule has 0 saturated carbocycles. The molecule has 0 unspecified atom stereocenters. The van der Waals surface area contributed by atoms with E-state index in [9.17, 15) is 13.2 Å². The van der Waals surface area contributed by atoms with Crippen molar-refractivity contribution in [3.8, 4) is 0 Å². The molecule has 126 valence electrons. The Morgan fingerprint density at radius 3 is 2.43 bits per heavy atom. The Hall–Kier alpha value is -1.40. The van der Waals surface area contributed by atoms with Crippen LogP contribution in [0.5, 0.6) is 0 Å². The first-order chi connectivity index (χ1) is 11.0. The molecule has 3 rings (SSSR count). The van der Waals surface area contributed by atoms with Gasteiger partial charge in [0.1, 0.15) is 0 Å². The molecule has 2 heterocycles. The van der Waals surface area contributed by atoms with Crippen molar-refractivity contribution in [1.29, 1.82) is 0 Å². The third-order valence-electron chi connectivity index (χ3n) is 4.87. The summed E-state index contributed by atoms with van der Waals surface area (Å²) in [7, 11) is -3.45. The minimum Gasteiger partial charge on any atom is -0.312 e. The van der Waals surface area contributed by atoms with Gasteiger partial charge in [-0.1, -0.05) is 13.3 Å². The van der Waals surface area contributed by atoms with Gasteiger partial charge in [0.2, 0.25) is 15.9 Å². The third-order valence-corrected chi connectivity index (χ3v) is 6.84. The Bertz CT molecular complexity index is 670. The summed E-state index contributed by atoms with van der Waals surface area (Å²) in [5.74, 6) is 0.114. The summed E-state index contributed by atoms with van der Waals surface area (Å²) in [5.41, 5.74) is 0.789. The monoisotopic (exact) mass is 336 g/mol. The van der Waals surface area contributed by atoms with Crippen LogP contribution in [-0.4, -0.2) is 37.8 Å². The predicted molar refractivity (Wildman–Crippen MR) is 89.9 cm³/mol. The summed E-state index contributed by atoms with van der Waals surface area (Å²) >= 11 is 0. The molecule has 0 spiro atoms. The largest absolute Gasteiger partial charge is 0.312 e. The van der Waals surface area contributed by atoms with E-state index in [2.05, 4.69) is 0 Å². The number of carbonyl (C=O) groups excluding carboxylic acids is 1. The Balaban J connectivity index is 1.84. The second-order valence-corrected chi connectivity index (χ2v) is 8.21. The zero-order valence-corrected chi connectivity index (χ0v) is 14.4. The number of rotatable bonds is 4. The quantitative estimate of drug-likeness (QED) is 0.849. The number of anilines is 1. The number of nitrogens with zero attached hydrogens (tertiary/aromatic N) is 2. The Kier molecular flexibility index (Phi) is 4.73. The van der Waals surface area contributed by atoms with Gasteiger partial charge in [-0.15, -0.1) is 0 Å². The number of amides is 1.